The molecule has 2 amide bonds. The van der Waals surface area contributed by atoms with Gasteiger partial charge < -0.3 is 20.6 Å². The third kappa shape index (κ3) is 6.68. The lowest BCUT2D eigenvalue weighted by atomic mass is 9.67. The fraction of sp³-hybridized carbons (Fsp3) is 0.233. The summed E-state index contributed by atoms with van der Waals surface area (Å²) in [5.41, 5.74) is 6.42. The van der Waals surface area contributed by atoms with Gasteiger partial charge in [-0.1, -0.05) is 67.1 Å². The Morgan fingerprint density at radius 3 is 2.29 bits per heavy atom. The molecule has 1 aliphatic heterocycles. The van der Waals surface area contributed by atoms with Crippen molar-refractivity contribution >= 4 is 51.3 Å². The number of amides is 2. The summed E-state index contributed by atoms with van der Waals surface area (Å²) < 4.78 is 0. The molecule has 0 radical (unpaired) electrons. The Morgan fingerprint density at radius 2 is 1.59 bits per heavy atom. The lowest BCUT2D eigenvalue weighted by molar-refractivity contribution is -0.123. The Morgan fingerprint density at radius 1 is 0.882 bits per heavy atom. The van der Waals surface area contributed by atoms with Crippen molar-refractivity contribution in [1.82, 2.24) is 4.98 Å². The van der Waals surface area contributed by atoms with Crippen LogP contribution in [-0.2, 0) is 9.59 Å². The van der Waals surface area contributed by atoms with Gasteiger partial charge in [-0.15, -0.1) is 0 Å². The summed E-state index contributed by atoms with van der Waals surface area (Å²) in [5.74, 6) is -2.46. The molecule has 8 heteroatoms. The van der Waals surface area contributed by atoms with E-state index >= 15 is 0 Å². The second kappa shape index (κ2) is 14.7. The van der Waals surface area contributed by atoms with Gasteiger partial charge in [-0.3, -0.25) is 19.5 Å². The van der Waals surface area contributed by atoms with Crippen LogP contribution in [-0.4, -0.2) is 44.8 Å². The van der Waals surface area contributed by atoms with Crippen molar-refractivity contribution in [2.24, 2.45) is 17.8 Å². The summed E-state index contributed by atoms with van der Waals surface area (Å²) in [7, 11) is 0. The number of aliphatic hydroxyl groups is 2. The number of pyridine rings is 1. The van der Waals surface area contributed by atoms with Crippen molar-refractivity contribution in [3.05, 3.63) is 138 Å². The molecule has 0 bridgehead atoms. The molecule has 51 heavy (non-hydrogen) atoms. The van der Waals surface area contributed by atoms with E-state index in [9.17, 15) is 24.9 Å². The standard InChI is InChI=1S/C43H41N3O5/c1-2-27-25-35-41(43(51)46(42(35)50)32-19-17-31(18-20-32)45-30-10-4-3-5-11-30)36(26-47)40(27)39(49)22-16-29(37-14-8-9-23-44-37)24-28-15-21-38(48)34-13-7-6-12-33(28)34/h3-15,17-21,23-24,35-36,39,41,45,47-49H,2,16,22,25-26H2,1H3/b29-24-/t35-,36+,39-,41-/m1/s1. The minimum absolute atomic E-state index is 0.206. The number of para-hydroxylation sites is 1. The van der Waals surface area contributed by atoms with Gasteiger partial charge in [0.15, 0.2) is 0 Å². The predicted molar refractivity (Wildman–Crippen MR) is 201 cm³/mol. The first-order valence-electron chi connectivity index (χ1n) is 17.5. The zero-order valence-electron chi connectivity index (χ0n) is 28.4. The van der Waals surface area contributed by atoms with Crippen LogP contribution in [0.5, 0.6) is 5.75 Å². The zero-order valence-corrected chi connectivity index (χ0v) is 28.4. The van der Waals surface area contributed by atoms with Crippen molar-refractivity contribution < 1.29 is 24.9 Å². The Bertz CT molecular complexity index is 2110. The number of phenolic OH excluding ortho intramolecular Hbond substituents is 1. The molecular formula is C43H41N3O5. The molecule has 5 aromatic rings. The molecule has 0 spiro atoms. The van der Waals surface area contributed by atoms with Crippen LogP contribution in [0.4, 0.5) is 17.1 Å². The summed E-state index contributed by atoms with van der Waals surface area (Å²) in [4.78, 5) is 33.8. The molecule has 1 aromatic heterocycles. The van der Waals surface area contributed by atoms with Crippen molar-refractivity contribution in [2.45, 2.75) is 38.7 Å². The molecule has 2 aliphatic rings. The number of imide groups is 1. The number of benzene rings is 4. The number of phenols is 1. The van der Waals surface area contributed by atoms with Gasteiger partial charge >= 0.3 is 0 Å². The van der Waals surface area contributed by atoms with Crippen molar-refractivity contribution in [2.75, 3.05) is 16.8 Å². The smallest absolute Gasteiger partial charge is 0.238 e. The van der Waals surface area contributed by atoms with E-state index in [4.69, 9.17) is 0 Å². The van der Waals surface area contributed by atoms with Gasteiger partial charge in [-0.05, 0) is 108 Å². The van der Waals surface area contributed by atoms with Gasteiger partial charge in [0.2, 0.25) is 11.8 Å². The minimum Gasteiger partial charge on any atom is -0.507 e. The number of nitrogens with one attached hydrogen (secondary N) is 1. The number of allylic oxidation sites excluding steroid dienone is 2. The van der Waals surface area contributed by atoms with E-state index in [-0.39, 0.29) is 24.2 Å². The molecular weight excluding hydrogens is 638 g/mol. The fourth-order valence-corrected chi connectivity index (χ4v) is 7.83. The normalized spacial score (nSPS) is 19.8. The van der Waals surface area contributed by atoms with Gasteiger partial charge in [0, 0.05) is 28.9 Å². The molecule has 0 unspecified atom stereocenters. The van der Waals surface area contributed by atoms with Crippen LogP contribution in [0.1, 0.15) is 43.9 Å². The number of anilines is 3. The maximum atomic E-state index is 14.1. The van der Waals surface area contributed by atoms with Crippen LogP contribution in [0.15, 0.2) is 127 Å². The molecule has 4 N–H and O–H groups in total. The Hall–Kier alpha value is -5.57. The molecule has 8 nitrogen and oxygen atoms in total. The van der Waals surface area contributed by atoms with Crippen molar-refractivity contribution in [3.8, 4) is 5.75 Å². The number of aliphatic hydroxyl groups excluding tert-OH is 2. The number of carbonyl (C=O) groups excluding carboxylic acids is 2. The molecule has 0 saturated carbocycles. The first kappa shape index (κ1) is 33.9. The highest BCUT2D eigenvalue weighted by Gasteiger charge is 2.55. The SMILES string of the molecule is CCC1=C([C@H](O)CC/C(=C/c2ccc(O)c3ccccc23)c2ccccn2)[C@H](CO)[C@@H]2C(=O)N(c3ccc(Nc4ccccc4)cc3)C(=O)[C@@H]2C1. The highest BCUT2D eigenvalue weighted by Crippen LogP contribution is 2.48. The van der Waals surface area contributed by atoms with E-state index < -0.39 is 23.9 Å². The largest absolute Gasteiger partial charge is 0.507 e. The number of hydrogen-bond donors (Lipinski definition) is 4. The number of aromatic nitrogens is 1. The van der Waals surface area contributed by atoms with Crippen LogP contribution >= 0.6 is 0 Å². The van der Waals surface area contributed by atoms with E-state index in [1.165, 1.54) is 4.90 Å². The second-order valence-corrected chi connectivity index (χ2v) is 13.2. The van der Waals surface area contributed by atoms with Crippen LogP contribution in [0, 0.1) is 17.8 Å². The summed E-state index contributed by atoms with van der Waals surface area (Å²) in [6.07, 6.45) is 4.58. The highest BCUT2D eigenvalue weighted by atomic mass is 16.3. The summed E-state index contributed by atoms with van der Waals surface area (Å²) in [5, 5.41) is 38.1. The Labute approximate surface area is 297 Å². The molecule has 7 rings (SSSR count). The Kier molecular flexibility index (Phi) is 9.79. The maximum absolute atomic E-state index is 14.1. The van der Waals surface area contributed by atoms with Crippen LogP contribution < -0.4 is 10.2 Å². The van der Waals surface area contributed by atoms with E-state index in [0.717, 1.165) is 44.6 Å². The predicted octanol–water partition coefficient (Wildman–Crippen LogP) is 7.89. The summed E-state index contributed by atoms with van der Waals surface area (Å²) in [6, 6.07) is 33.9. The highest BCUT2D eigenvalue weighted by molar-refractivity contribution is 6.22. The number of rotatable bonds is 11. The molecule has 4 atom stereocenters. The number of hydrogen-bond acceptors (Lipinski definition) is 7. The average molecular weight is 680 g/mol. The second-order valence-electron chi connectivity index (χ2n) is 13.2. The van der Waals surface area contributed by atoms with E-state index in [2.05, 4.69) is 10.3 Å². The molecule has 258 valence electrons. The van der Waals surface area contributed by atoms with Crippen LogP contribution in [0.3, 0.4) is 0 Å². The molecule has 1 aliphatic carbocycles. The van der Waals surface area contributed by atoms with E-state index in [1.54, 1.807) is 24.4 Å². The van der Waals surface area contributed by atoms with Crippen LogP contribution in [0.25, 0.3) is 22.4 Å². The topological polar surface area (TPSA) is 123 Å². The van der Waals surface area contributed by atoms with Gasteiger partial charge in [0.05, 0.1) is 35.9 Å². The van der Waals surface area contributed by atoms with Gasteiger partial charge in [0.1, 0.15) is 5.75 Å². The summed E-state index contributed by atoms with van der Waals surface area (Å²) >= 11 is 0. The average Bonchev–Trinajstić information content (AvgIpc) is 3.42. The molecule has 2 heterocycles. The zero-order chi connectivity index (χ0) is 35.5. The summed E-state index contributed by atoms with van der Waals surface area (Å²) in [6.45, 7) is 1.63. The van der Waals surface area contributed by atoms with E-state index in [1.807, 2.05) is 104 Å². The van der Waals surface area contributed by atoms with Gasteiger partial charge in [0.25, 0.3) is 0 Å². The third-order valence-electron chi connectivity index (χ3n) is 10.3. The van der Waals surface area contributed by atoms with Crippen LogP contribution in [0.2, 0.25) is 0 Å². The van der Waals surface area contributed by atoms with Gasteiger partial charge in [-0.25, -0.2) is 0 Å². The monoisotopic (exact) mass is 679 g/mol. The quantitative estimate of drug-likeness (QED) is 0.0827. The van der Waals surface area contributed by atoms with E-state index in [0.29, 0.717) is 36.9 Å². The lowest BCUT2D eigenvalue weighted by Crippen LogP contribution is -2.39. The fourth-order valence-electron chi connectivity index (χ4n) is 7.83. The molecule has 1 saturated heterocycles. The number of nitrogens with zero attached hydrogens (tertiary/aromatic N) is 2. The maximum Gasteiger partial charge on any atom is 0.238 e. The van der Waals surface area contributed by atoms with Gasteiger partial charge in [-0.2, -0.15) is 0 Å². The lowest BCUT2D eigenvalue weighted by Gasteiger charge is -2.36. The number of fused-ring (bicyclic) bond motifs is 2. The first-order chi connectivity index (χ1) is 24.9. The number of carbonyl (C=O) groups is 2. The van der Waals surface area contributed by atoms with Crippen molar-refractivity contribution in [3.63, 3.8) is 0 Å². The third-order valence-corrected chi connectivity index (χ3v) is 10.3. The molecule has 1 fully saturated rings. The van der Waals surface area contributed by atoms with Crippen molar-refractivity contribution in [1.29, 1.82) is 0 Å². The Balaban J connectivity index is 1.14. The minimum atomic E-state index is -0.943. The number of aromatic hydroxyl groups is 1. The molecule has 4 aromatic carbocycles. The first-order valence-corrected chi connectivity index (χ1v) is 17.5.